The normalized spacial score (nSPS) is 10.9. The van der Waals surface area contributed by atoms with Crippen LogP contribution in [0.25, 0.3) is 6.08 Å². The molecule has 0 aliphatic heterocycles. The van der Waals surface area contributed by atoms with E-state index in [0.29, 0.717) is 45.2 Å². The number of carbonyl (C=O) groups is 1. The van der Waals surface area contributed by atoms with Gasteiger partial charge in [0.15, 0.2) is 11.5 Å². The van der Waals surface area contributed by atoms with Crippen LogP contribution in [0.1, 0.15) is 16.7 Å². The van der Waals surface area contributed by atoms with Gasteiger partial charge in [-0.1, -0.05) is 65.1 Å². The number of nitriles is 1. The van der Waals surface area contributed by atoms with Gasteiger partial charge in [-0.25, -0.2) is 0 Å². The highest BCUT2D eigenvalue weighted by atomic mass is 35.5. The average molecular weight is 594 g/mol. The number of benzene rings is 4. The molecule has 9 heteroatoms. The molecule has 0 aliphatic rings. The Bertz CT molecular complexity index is 1560. The molecule has 4 aromatic carbocycles. The van der Waals surface area contributed by atoms with Crippen molar-refractivity contribution >= 4 is 52.5 Å². The van der Waals surface area contributed by atoms with Gasteiger partial charge in [0.25, 0.3) is 5.91 Å². The molecule has 0 saturated carbocycles. The van der Waals surface area contributed by atoms with Crippen LogP contribution in [-0.4, -0.2) is 13.0 Å². The Morgan fingerprint density at radius 3 is 2.30 bits per heavy atom. The molecule has 0 heterocycles. The second-order valence-electron chi connectivity index (χ2n) is 8.48. The van der Waals surface area contributed by atoms with Crippen LogP contribution in [0.2, 0.25) is 15.1 Å². The third kappa shape index (κ3) is 7.71. The number of carbonyl (C=O) groups excluding carboxylic acids is 1. The van der Waals surface area contributed by atoms with E-state index in [9.17, 15) is 10.1 Å². The standard InChI is InChI=1S/C31H23Cl3N2O4/c1-38-29-16-21(15-28(34)30(29)40-18-20-6-8-24(32)9-7-20)14-23(17-35)31(37)36-25-10-12-26(13-11-25)39-19-22-4-2-3-5-27(22)33/h2-16H,18-19H2,1H3,(H,36,37)/b23-14+. The van der Waals surface area contributed by atoms with E-state index < -0.39 is 5.91 Å². The summed E-state index contributed by atoms with van der Waals surface area (Å²) in [6.07, 6.45) is 1.42. The zero-order valence-corrected chi connectivity index (χ0v) is 23.6. The molecule has 0 aliphatic carbocycles. The molecule has 0 spiro atoms. The summed E-state index contributed by atoms with van der Waals surface area (Å²) in [4.78, 5) is 12.8. The second kappa shape index (κ2) is 13.8. The van der Waals surface area contributed by atoms with Crippen molar-refractivity contribution in [2.24, 2.45) is 0 Å². The highest BCUT2D eigenvalue weighted by Crippen LogP contribution is 2.37. The molecular formula is C31H23Cl3N2O4. The first-order valence-corrected chi connectivity index (χ1v) is 13.1. The minimum atomic E-state index is -0.578. The van der Waals surface area contributed by atoms with Crippen LogP contribution in [0, 0.1) is 11.3 Å². The number of rotatable bonds is 10. The summed E-state index contributed by atoms with van der Waals surface area (Å²) < 4.78 is 17.1. The lowest BCUT2D eigenvalue weighted by Gasteiger charge is -2.14. The smallest absolute Gasteiger partial charge is 0.266 e. The minimum Gasteiger partial charge on any atom is -0.493 e. The molecule has 1 amide bonds. The third-order valence-corrected chi connectivity index (χ3v) is 6.59. The molecule has 4 aromatic rings. The molecule has 0 bridgehead atoms. The molecule has 0 saturated heterocycles. The molecule has 1 N–H and O–H groups in total. The first kappa shape index (κ1) is 28.8. The zero-order valence-electron chi connectivity index (χ0n) is 21.3. The lowest BCUT2D eigenvalue weighted by Crippen LogP contribution is -2.13. The van der Waals surface area contributed by atoms with Crippen LogP contribution in [0.15, 0.2) is 90.5 Å². The maximum Gasteiger partial charge on any atom is 0.266 e. The molecule has 202 valence electrons. The number of hydrogen-bond acceptors (Lipinski definition) is 5. The highest BCUT2D eigenvalue weighted by Gasteiger charge is 2.15. The van der Waals surface area contributed by atoms with Crippen molar-refractivity contribution in [3.8, 4) is 23.3 Å². The summed E-state index contributed by atoms with van der Waals surface area (Å²) in [6.45, 7) is 0.557. The van der Waals surface area contributed by atoms with E-state index >= 15 is 0 Å². The van der Waals surface area contributed by atoms with Crippen LogP contribution >= 0.6 is 34.8 Å². The van der Waals surface area contributed by atoms with Gasteiger partial charge in [-0.05, 0) is 71.8 Å². The molecular weight excluding hydrogens is 571 g/mol. The molecule has 40 heavy (non-hydrogen) atoms. The quantitative estimate of drug-likeness (QED) is 0.148. The van der Waals surface area contributed by atoms with Gasteiger partial charge in [-0.2, -0.15) is 5.26 Å². The van der Waals surface area contributed by atoms with E-state index in [0.717, 1.165) is 11.1 Å². The molecule has 0 radical (unpaired) electrons. The van der Waals surface area contributed by atoms with Gasteiger partial charge in [-0.15, -0.1) is 0 Å². The van der Waals surface area contributed by atoms with Crippen molar-refractivity contribution in [1.29, 1.82) is 5.26 Å². The van der Waals surface area contributed by atoms with E-state index in [1.165, 1.54) is 13.2 Å². The van der Waals surface area contributed by atoms with E-state index in [1.807, 2.05) is 36.4 Å². The van der Waals surface area contributed by atoms with E-state index in [1.54, 1.807) is 54.6 Å². The van der Waals surface area contributed by atoms with Crippen molar-refractivity contribution in [3.63, 3.8) is 0 Å². The Labute approximate surface area is 247 Å². The number of ether oxygens (including phenoxy) is 3. The van der Waals surface area contributed by atoms with Crippen LogP contribution in [0.5, 0.6) is 17.2 Å². The third-order valence-electron chi connectivity index (χ3n) is 5.69. The van der Waals surface area contributed by atoms with Crippen molar-refractivity contribution < 1.29 is 19.0 Å². The Morgan fingerprint density at radius 2 is 1.62 bits per heavy atom. The van der Waals surface area contributed by atoms with Gasteiger partial charge < -0.3 is 19.5 Å². The second-order valence-corrected chi connectivity index (χ2v) is 9.73. The van der Waals surface area contributed by atoms with Crippen LogP contribution in [-0.2, 0) is 18.0 Å². The fraction of sp³-hybridized carbons (Fsp3) is 0.0968. The van der Waals surface area contributed by atoms with Crippen LogP contribution < -0.4 is 19.5 Å². The maximum absolute atomic E-state index is 12.8. The monoisotopic (exact) mass is 592 g/mol. The minimum absolute atomic E-state index is 0.119. The lowest BCUT2D eigenvalue weighted by atomic mass is 10.1. The van der Waals surface area contributed by atoms with Crippen molar-refractivity contribution in [2.45, 2.75) is 13.2 Å². The Balaban J connectivity index is 1.42. The van der Waals surface area contributed by atoms with Gasteiger partial charge >= 0.3 is 0 Å². The zero-order chi connectivity index (χ0) is 28.5. The summed E-state index contributed by atoms with van der Waals surface area (Å²) >= 11 is 18.6. The first-order valence-electron chi connectivity index (χ1n) is 12.0. The predicted octanol–water partition coefficient (Wildman–Crippen LogP) is 8.36. The molecule has 0 fully saturated rings. The van der Waals surface area contributed by atoms with Gasteiger partial charge in [0.1, 0.15) is 30.6 Å². The van der Waals surface area contributed by atoms with E-state index in [-0.39, 0.29) is 17.2 Å². The first-order chi connectivity index (χ1) is 19.4. The number of methoxy groups -OCH3 is 1. The van der Waals surface area contributed by atoms with Crippen LogP contribution in [0.4, 0.5) is 5.69 Å². The number of nitrogens with zero attached hydrogens (tertiary/aromatic N) is 1. The van der Waals surface area contributed by atoms with E-state index in [4.69, 9.17) is 49.0 Å². The Kier molecular flexibility index (Phi) is 9.93. The summed E-state index contributed by atoms with van der Waals surface area (Å²) in [5.74, 6) is 0.730. The summed E-state index contributed by atoms with van der Waals surface area (Å²) in [5, 5.41) is 13.9. The van der Waals surface area contributed by atoms with Crippen LogP contribution in [0.3, 0.4) is 0 Å². The van der Waals surface area contributed by atoms with Gasteiger partial charge in [0.2, 0.25) is 0 Å². The van der Waals surface area contributed by atoms with E-state index in [2.05, 4.69) is 5.32 Å². The number of anilines is 1. The lowest BCUT2D eigenvalue weighted by molar-refractivity contribution is -0.112. The summed E-state index contributed by atoms with van der Waals surface area (Å²) in [7, 11) is 1.48. The number of nitrogens with one attached hydrogen (secondary N) is 1. The molecule has 0 unspecified atom stereocenters. The molecule has 0 atom stereocenters. The Hall–Kier alpha value is -4.15. The topological polar surface area (TPSA) is 80.6 Å². The Morgan fingerprint density at radius 1 is 0.900 bits per heavy atom. The molecule has 4 rings (SSSR count). The average Bonchev–Trinajstić information content (AvgIpc) is 2.96. The van der Waals surface area contributed by atoms with Gasteiger partial charge in [0.05, 0.1) is 12.1 Å². The van der Waals surface area contributed by atoms with Gasteiger partial charge in [0, 0.05) is 21.3 Å². The largest absolute Gasteiger partial charge is 0.493 e. The van der Waals surface area contributed by atoms with Gasteiger partial charge in [-0.3, -0.25) is 4.79 Å². The highest BCUT2D eigenvalue weighted by molar-refractivity contribution is 6.32. The van der Waals surface area contributed by atoms with Crippen molar-refractivity contribution in [1.82, 2.24) is 0 Å². The fourth-order valence-corrected chi connectivity index (χ4v) is 4.21. The number of amides is 1. The fourth-order valence-electron chi connectivity index (χ4n) is 3.62. The maximum atomic E-state index is 12.8. The van der Waals surface area contributed by atoms with Crippen molar-refractivity contribution in [3.05, 3.63) is 122 Å². The predicted molar refractivity (Wildman–Crippen MR) is 158 cm³/mol. The molecule has 0 aromatic heterocycles. The SMILES string of the molecule is COc1cc(/C=C(\C#N)C(=O)Nc2ccc(OCc3ccccc3Cl)cc2)cc(Cl)c1OCc1ccc(Cl)cc1. The molecule has 6 nitrogen and oxygen atoms in total. The van der Waals surface area contributed by atoms with Crippen molar-refractivity contribution in [2.75, 3.05) is 12.4 Å². The number of hydrogen-bond donors (Lipinski definition) is 1. The number of halogens is 3. The summed E-state index contributed by atoms with van der Waals surface area (Å²) in [6, 6.07) is 26.6. The summed E-state index contributed by atoms with van der Waals surface area (Å²) in [5.41, 5.74) is 2.64.